The minimum absolute atomic E-state index is 0.0297. The normalized spacial score (nSPS) is 16.9. The van der Waals surface area contributed by atoms with Crippen LogP contribution in [0, 0.1) is 0 Å². The second-order valence-corrected chi connectivity index (χ2v) is 17.9. The van der Waals surface area contributed by atoms with Gasteiger partial charge in [-0.25, -0.2) is 14.8 Å². The van der Waals surface area contributed by atoms with E-state index in [2.05, 4.69) is 67.1 Å². The summed E-state index contributed by atoms with van der Waals surface area (Å²) < 4.78 is 6.28. The predicted molar refractivity (Wildman–Crippen MR) is 93.8 cm³/mol. The maximum atomic E-state index is 11.6. The van der Waals surface area contributed by atoms with Crippen molar-refractivity contribution in [3.63, 3.8) is 0 Å². The highest BCUT2D eigenvalue weighted by atomic mass is 32.3. The van der Waals surface area contributed by atoms with Gasteiger partial charge >= 0.3 is 5.97 Å². The first-order valence-corrected chi connectivity index (χ1v) is 12.7. The Balaban J connectivity index is 5.18. The molecule has 0 spiro atoms. The standard InChI is InChI=1S/C15H34O3SSi/c1-14(2,3)19(7,8)11-12(13(16)17)18-20(9,10)15(4,5)6/h12H,11H2,1-10H3,(H,16,17). The van der Waals surface area contributed by atoms with Crippen LogP contribution in [0.4, 0.5) is 0 Å². The molecular weight excluding hydrogens is 288 g/mol. The Bertz CT molecular complexity index is 323. The summed E-state index contributed by atoms with van der Waals surface area (Å²) >= 11 is 0. The first-order valence-electron chi connectivity index (χ1n) is 7.12. The van der Waals surface area contributed by atoms with E-state index in [1.165, 1.54) is 0 Å². The summed E-state index contributed by atoms with van der Waals surface area (Å²) in [6.45, 7) is 17.2. The Kier molecular flexibility index (Phi) is 6.01. The average molecular weight is 323 g/mol. The van der Waals surface area contributed by atoms with Gasteiger partial charge in [-0.05, 0) is 35.4 Å². The third kappa shape index (κ3) is 5.08. The van der Waals surface area contributed by atoms with Gasteiger partial charge in [0.25, 0.3) is 0 Å². The molecule has 0 aliphatic carbocycles. The van der Waals surface area contributed by atoms with Gasteiger partial charge in [-0.15, -0.1) is 0 Å². The van der Waals surface area contributed by atoms with Crippen LogP contribution in [0.3, 0.4) is 0 Å². The third-order valence-corrected chi connectivity index (χ3v) is 13.7. The lowest BCUT2D eigenvalue weighted by molar-refractivity contribution is -0.144. The smallest absolute Gasteiger partial charge is 0.332 e. The predicted octanol–water partition coefficient (Wildman–Crippen LogP) is 4.32. The highest BCUT2D eigenvalue weighted by Crippen LogP contribution is 2.53. The molecule has 0 aromatic carbocycles. The zero-order valence-electron chi connectivity index (χ0n) is 15.0. The number of hydrogen-bond donors (Lipinski definition) is 1. The van der Waals surface area contributed by atoms with Crippen molar-refractivity contribution in [1.29, 1.82) is 0 Å². The van der Waals surface area contributed by atoms with Crippen LogP contribution in [-0.4, -0.2) is 48.5 Å². The molecular formula is C15H34O3SSi. The van der Waals surface area contributed by atoms with Gasteiger partial charge in [0.05, 0.1) is 0 Å². The molecule has 0 rings (SSSR count). The van der Waals surface area contributed by atoms with Crippen molar-refractivity contribution in [3.8, 4) is 0 Å². The Labute approximate surface area is 127 Å². The zero-order valence-corrected chi connectivity index (χ0v) is 16.8. The first kappa shape index (κ1) is 20.0. The van der Waals surface area contributed by atoms with Crippen molar-refractivity contribution in [2.45, 2.75) is 70.5 Å². The van der Waals surface area contributed by atoms with E-state index in [1.807, 2.05) is 0 Å². The topological polar surface area (TPSA) is 46.5 Å². The van der Waals surface area contributed by atoms with Gasteiger partial charge < -0.3 is 9.53 Å². The van der Waals surface area contributed by atoms with Crippen molar-refractivity contribution in [3.05, 3.63) is 0 Å². The van der Waals surface area contributed by atoms with Gasteiger partial charge in [-0.3, -0.25) is 0 Å². The molecule has 0 aromatic heterocycles. The van der Waals surface area contributed by atoms with Crippen LogP contribution < -0.4 is 0 Å². The Morgan fingerprint density at radius 2 is 1.55 bits per heavy atom. The SMILES string of the molecule is CC(C)(C)[Si](C)(C)OC(CS(C)(C)C(C)(C)C)C(=O)O. The van der Waals surface area contributed by atoms with Gasteiger partial charge in [0.1, 0.15) is 0 Å². The van der Waals surface area contributed by atoms with Gasteiger partial charge in [-0.2, -0.15) is 0 Å². The lowest BCUT2D eigenvalue weighted by Gasteiger charge is -2.47. The second kappa shape index (κ2) is 6.01. The molecule has 5 heteroatoms. The highest BCUT2D eigenvalue weighted by Gasteiger charge is 2.42. The van der Waals surface area contributed by atoms with Crippen LogP contribution in [-0.2, 0) is 9.22 Å². The summed E-state index contributed by atoms with van der Waals surface area (Å²) in [7, 11) is -3.10. The maximum Gasteiger partial charge on any atom is 0.332 e. The fourth-order valence-electron chi connectivity index (χ4n) is 1.32. The van der Waals surface area contributed by atoms with Gasteiger partial charge in [0.15, 0.2) is 14.4 Å². The number of aliphatic carboxylic acids is 1. The summed E-state index contributed by atoms with van der Waals surface area (Å²) in [4.78, 5) is 11.6. The van der Waals surface area contributed by atoms with E-state index in [0.717, 1.165) is 0 Å². The average Bonchev–Trinajstić information content (AvgIpc) is 2.11. The van der Waals surface area contributed by atoms with E-state index >= 15 is 0 Å². The first-order chi connectivity index (χ1) is 8.51. The van der Waals surface area contributed by atoms with Crippen molar-refractivity contribution >= 4 is 24.3 Å². The fraction of sp³-hybridized carbons (Fsp3) is 0.933. The molecule has 1 N–H and O–H groups in total. The van der Waals surface area contributed by atoms with Crippen molar-refractivity contribution in [2.75, 3.05) is 18.3 Å². The molecule has 0 aliphatic heterocycles. The summed E-state index contributed by atoms with van der Waals surface area (Å²) in [5, 5.41) is 9.57. The summed E-state index contributed by atoms with van der Waals surface area (Å²) in [5.74, 6) is -0.196. The molecule has 0 bridgehead atoms. The minimum atomic E-state index is -2.06. The summed E-state index contributed by atoms with van der Waals surface area (Å²) in [6.07, 6.45) is 3.73. The molecule has 0 amide bonds. The largest absolute Gasteiger partial charge is 0.479 e. The molecule has 122 valence electrons. The minimum Gasteiger partial charge on any atom is -0.479 e. The lowest BCUT2D eigenvalue weighted by Crippen LogP contribution is -2.48. The number of carboxylic acids is 1. The molecule has 1 atom stereocenters. The molecule has 1 unspecified atom stereocenters. The number of hydrogen-bond acceptors (Lipinski definition) is 2. The molecule has 0 saturated heterocycles. The van der Waals surface area contributed by atoms with Crippen LogP contribution in [0.2, 0.25) is 18.1 Å². The highest BCUT2D eigenvalue weighted by molar-refractivity contribution is 8.33. The van der Waals surface area contributed by atoms with E-state index in [9.17, 15) is 9.90 Å². The molecule has 0 aromatic rings. The molecule has 0 fully saturated rings. The van der Waals surface area contributed by atoms with Gasteiger partial charge in [0.2, 0.25) is 0 Å². The molecule has 0 aliphatic rings. The van der Waals surface area contributed by atoms with E-state index < -0.39 is 30.4 Å². The molecule has 0 saturated carbocycles. The Morgan fingerprint density at radius 3 is 1.80 bits per heavy atom. The number of carbonyl (C=O) groups is 1. The van der Waals surface area contributed by atoms with Crippen LogP contribution >= 0.6 is 10.0 Å². The van der Waals surface area contributed by atoms with Gasteiger partial charge in [-0.1, -0.05) is 41.5 Å². The fourth-order valence-corrected chi connectivity index (χ4v) is 4.15. The molecule has 3 nitrogen and oxygen atoms in total. The van der Waals surface area contributed by atoms with Crippen molar-refractivity contribution < 1.29 is 14.3 Å². The monoisotopic (exact) mass is 322 g/mol. The van der Waals surface area contributed by atoms with Crippen LogP contribution in [0.25, 0.3) is 0 Å². The number of rotatable bonds is 5. The van der Waals surface area contributed by atoms with E-state index in [0.29, 0.717) is 5.75 Å². The third-order valence-electron chi connectivity index (χ3n) is 4.74. The molecule has 0 heterocycles. The zero-order chi connectivity index (χ0) is 16.6. The molecule has 0 radical (unpaired) electrons. The van der Waals surface area contributed by atoms with Crippen LogP contribution in [0.1, 0.15) is 41.5 Å². The van der Waals surface area contributed by atoms with E-state index in [4.69, 9.17) is 4.43 Å². The van der Waals surface area contributed by atoms with Crippen molar-refractivity contribution in [1.82, 2.24) is 0 Å². The van der Waals surface area contributed by atoms with Crippen LogP contribution in [0.5, 0.6) is 0 Å². The lowest BCUT2D eigenvalue weighted by atomic mass is 10.2. The Morgan fingerprint density at radius 1 is 1.15 bits per heavy atom. The van der Waals surface area contributed by atoms with E-state index in [-0.39, 0.29) is 9.79 Å². The Hall–Kier alpha value is -0.00312. The van der Waals surface area contributed by atoms with Crippen molar-refractivity contribution in [2.24, 2.45) is 0 Å². The maximum absolute atomic E-state index is 11.6. The van der Waals surface area contributed by atoms with Crippen LogP contribution in [0.15, 0.2) is 0 Å². The molecule has 20 heavy (non-hydrogen) atoms. The quantitative estimate of drug-likeness (QED) is 0.767. The van der Waals surface area contributed by atoms with E-state index in [1.54, 1.807) is 0 Å². The number of carboxylic acid groups (broad SMARTS) is 1. The second-order valence-electron chi connectivity index (χ2n) is 8.52. The summed E-state index contributed by atoms with van der Waals surface area (Å²) in [6, 6.07) is 0. The van der Waals surface area contributed by atoms with Gasteiger partial charge in [0, 0.05) is 5.75 Å². The summed E-state index contributed by atoms with van der Waals surface area (Å²) in [5.41, 5.74) is 0.